The molecule has 0 rings (SSSR count). The van der Waals surface area contributed by atoms with Crippen LogP contribution >= 0.6 is 12.6 Å². The number of nitrogens with one attached hydrogen (secondary N) is 3. The summed E-state index contributed by atoms with van der Waals surface area (Å²) in [5.74, 6) is -0.661. The average molecular weight is 209 g/mol. The Kier molecular flexibility index (Phi) is 6.67. The van der Waals surface area contributed by atoms with Gasteiger partial charge in [-0.05, 0) is 21.0 Å². The van der Waals surface area contributed by atoms with Gasteiger partial charge in [-0.2, -0.15) is 12.6 Å². The van der Waals surface area contributed by atoms with Gasteiger partial charge in [-0.1, -0.05) is 0 Å². The van der Waals surface area contributed by atoms with Crippen LogP contribution in [0, 0.1) is 0 Å². The van der Waals surface area contributed by atoms with Gasteiger partial charge in [0.2, 0.25) is 0 Å². The number of hydrogen-bond donors (Lipinski definition) is 4. The summed E-state index contributed by atoms with van der Waals surface area (Å²) in [6.07, 6.45) is 0. The van der Waals surface area contributed by atoms with Gasteiger partial charge in [0, 0.05) is 24.9 Å². The van der Waals surface area contributed by atoms with Gasteiger partial charge in [0.05, 0.1) is 0 Å². The molecule has 2 atom stereocenters. The van der Waals surface area contributed by atoms with Crippen LogP contribution in [0.4, 0.5) is 4.39 Å². The Balaban J connectivity index is 3.71. The Morgan fingerprint density at radius 3 is 2.46 bits per heavy atom. The first kappa shape index (κ1) is 13.2. The fourth-order valence-electron chi connectivity index (χ4n) is 0.988. The van der Waals surface area contributed by atoms with Crippen molar-refractivity contribution in [3.05, 3.63) is 0 Å². The van der Waals surface area contributed by atoms with E-state index in [0.717, 1.165) is 0 Å². The quantitative estimate of drug-likeness (QED) is 0.352. The molecule has 0 saturated carbocycles. The Morgan fingerprint density at radius 2 is 2.08 bits per heavy atom. The number of likely N-dealkylation sites (N-methyl/N-ethyl adjacent to an activating group) is 2. The summed E-state index contributed by atoms with van der Waals surface area (Å²) in [6.45, 7) is 2.40. The Labute approximate surface area is 85.3 Å². The third-order valence-electron chi connectivity index (χ3n) is 1.85. The van der Waals surface area contributed by atoms with E-state index in [9.17, 15) is 4.39 Å². The van der Waals surface area contributed by atoms with Crippen molar-refractivity contribution in [1.29, 1.82) is 0 Å². The third kappa shape index (κ3) is 6.26. The van der Waals surface area contributed by atoms with Crippen LogP contribution in [-0.2, 0) is 0 Å². The molecule has 80 valence electrons. The molecule has 0 radical (unpaired) electrons. The molecule has 0 aromatic heterocycles. The molecule has 3 N–H and O–H groups in total. The van der Waals surface area contributed by atoms with E-state index < -0.39 is 5.79 Å². The third-order valence-corrected chi connectivity index (χ3v) is 2.30. The van der Waals surface area contributed by atoms with E-state index in [1.165, 1.54) is 6.92 Å². The standard InChI is InChI=1S/C8H20FN3S/c1-8(9,6-10-2)12-4-7(5-13)11-3/h7,10-13H,4-6H2,1-3H3/t7-,8+/m1/s1. The molecule has 0 saturated heterocycles. The lowest BCUT2D eigenvalue weighted by Gasteiger charge is -2.24. The molecule has 0 aromatic carbocycles. The molecule has 0 aromatic rings. The van der Waals surface area contributed by atoms with Crippen LogP contribution in [0.15, 0.2) is 0 Å². The second-order valence-electron chi connectivity index (χ2n) is 3.28. The minimum atomic E-state index is -1.35. The molecule has 0 aliphatic carbocycles. The zero-order chi connectivity index (χ0) is 10.3. The lowest BCUT2D eigenvalue weighted by Crippen LogP contribution is -2.50. The molecule has 0 bridgehead atoms. The van der Waals surface area contributed by atoms with Crippen molar-refractivity contribution < 1.29 is 4.39 Å². The SMILES string of the molecule is CNC[C@@](C)(F)NC[C@H](CS)NC. The molecule has 13 heavy (non-hydrogen) atoms. The first-order chi connectivity index (χ1) is 6.05. The zero-order valence-corrected chi connectivity index (χ0v) is 9.42. The monoisotopic (exact) mass is 209 g/mol. The van der Waals surface area contributed by atoms with Gasteiger partial charge in [0.15, 0.2) is 5.79 Å². The molecule has 0 fully saturated rings. The second kappa shape index (κ2) is 6.59. The predicted molar refractivity (Wildman–Crippen MR) is 58.1 cm³/mol. The van der Waals surface area contributed by atoms with E-state index in [2.05, 4.69) is 28.6 Å². The highest BCUT2D eigenvalue weighted by Crippen LogP contribution is 2.03. The summed E-state index contributed by atoms with van der Waals surface area (Å²) in [4.78, 5) is 0. The number of alkyl halides is 1. The minimum Gasteiger partial charge on any atom is -0.315 e. The maximum absolute atomic E-state index is 13.5. The van der Waals surface area contributed by atoms with E-state index in [0.29, 0.717) is 18.8 Å². The van der Waals surface area contributed by atoms with Crippen LogP contribution in [0.2, 0.25) is 0 Å². The van der Waals surface area contributed by atoms with Gasteiger partial charge in [-0.3, -0.25) is 5.32 Å². The average Bonchev–Trinajstić information content (AvgIpc) is 2.06. The van der Waals surface area contributed by atoms with Crippen molar-refractivity contribution in [3.63, 3.8) is 0 Å². The summed E-state index contributed by atoms with van der Waals surface area (Å²) in [5, 5.41) is 8.65. The van der Waals surface area contributed by atoms with E-state index in [-0.39, 0.29) is 6.04 Å². The van der Waals surface area contributed by atoms with Gasteiger partial charge in [0.1, 0.15) is 0 Å². The Bertz CT molecular complexity index is 129. The van der Waals surface area contributed by atoms with Gasteiger partial charge in [-0.25, -0.2) is 4.39 Å². The molecular formula is C8H20FN3S. The van der Waals surface area contributed by atoms with Gasteiger partial charge in [-0.15, -0.1) is 0 Å². The summed E-state index contributed by atoms with van der Waals surface area (Å²) in [5.41, 5.74) is 0. The molecule has 0 amide bonds. The van der Waals surface area contributed by atoms with Crippen LogP contribution in [0.25, 0.3) is 0 Å². The summed E-state index contributed by atoms with van der Waals surface area (Å²) < 4.78 is 13.5. The maximum atomic E-state index is 13.5. The van der Waals surface area contributed by atoms with Gasteiger partial charge in [0.25, 0.3) is 0 Å². The molecule has 3 nitrogen and oxygen atoms in total. The highest BCUT2D eigenvalue weighted by Gasteiger charge is 2.21. The molecule has 0 spiro atoms. The van der Waals surface area contributed by atoms with Crippen LogP contribution in [0.1, 0.15) is 6.92 Å². The van der Waals surface area contributed by atoms with Crippen molar-refractivity contribution >= 4 is 12.6 Å². The van der Waals surface area contributed by atoms with E-state index >= 15 is 0 Å². The number of rotatable bonds is 7. The predicted octanol–water partition coefficient (Wildman–Crippen LogP) is -0.00110. The van der Waals surface area contributed by atoms with E-state index in [1.807, 2.05) is 7.05 Å². The number of halogens is 1. The Hall–Kier alpha value is 0.160. The first-order valence-electron chi connectivity index (χ1n) is 4.42. The second-order valence-corrected chi connectivity index (χ2v) is 3.64. The Morgan fingerprint density at radius 1 is 1.46 bits per heavy atom. The molecular weight excluding hydrogens is 189 g/mol. The smallest absolute Gasteiger partial charge is 0.171 e. The van der Waals surface area contributed by atoms with Gasteiger partial charge >= 0.3 is 0 Å². The molecule has 0 aliphatic heterocycles. The van der Waals surface area contributed by atoms with Crippen molar-refractivity contribution in [2.75, 3.05) is 32.9 Å². The molecule has 0 aliphatic rings. The zero-order valence-electron chi connectivity index (χ0n) is 8.52. The summed E-state index contributed by atoms with van der Waals surface area (Å²) in [7, 11) is 3.57. The molecule has 0 unspecified atom stereocenters. The van der Waals surface area contributed by atoms with Crippen molar-refractivity contribution in [2.45, 2.75) is 18.8 Å². The summed E-state index contributed by atoms with van der Waals surface area (Å²) >= 11 is 4.14. The topological polar surface area (TPSA) is 36.1 Å². The lowest BCUT2D eigenvalue weighted by molar-refractivity contribution is 0.136. The fraction of sp³-hybridized carbons (Fsp3) is 1.00. The largest absolute Gasteiger partial charge is 0.315 e. The first-order valence-corrected chi connectivity index (χ1v) is 5.05. The molecule has 0 heterocycles. The molecule has 5 heteroatoms. The van der Waals surface area contributed by atoms with Crippen LogP contribution in [0.5, 0.6) is 0 Å². The highest BCUT2D eigenvalue weighted by molar-refractivity contribution is 7.80. The van der Waals surface area contributed by atoms with Gasteiger partial charge < -0.3 is 10.6 Å². The van der Waals surface area contributed by atoms with E-state index in [4.69, 9.17) is 0 Å². The van der Waals surface area contributed by atoms with E-state index in [1.54, 1.807) is 7.05 Å². The van der Waals surface area contributed by atoms with Crippen molar-refractivity contribution in [3.8, 4) is 0 Å². The maximum Gasteiger partial charge on any atom is 0.171 e. The van der Waals surface area contributed by atoms with Crippen LogP contribution in [0.3, 0.4) is 0 Å². The van der Waals surface area contributed by atoms with Crippen molar-refractivity contribution in [2.24, 2.45) is 0 Å². The number of hydrogen-bond acceptors (Lipinski definition) is 4. The minimum absolute atomic E-state index is 0.204. The van der Waals surface area contributed by atoms with Crippen LogP contribution < -0.4 is 16.0 Å². The lowest BCUT2D eigenvalue weighted by atomic mass is 10.2. The summed E-state index contributed by atoms with van der Waals surface area (Å²) in [6, 6.07) is 0.204. The normalized spacial score (nSPS) is 18.2. The van der Waals surface area contributed by atoms with Crippen LogP contribution in [-0.4, -0.2) is 44.8 Å². The van der Waals surface area contributed by atoms with Crippen molar-refractivity contribution in [1.82, 2.24) is 16.0 Å². The highest BCUT2D eigenvalue weighted by atomic mass is 32.1. The number of thiol groups is 1. The fourth-order valence-corrected chi connectivity index (χ4v) is 1.30.